The highest BCUT2D eigenvalue weighted by molar-refractivity contribution is 5.78. The summed E-state index contributed by atoms with van der Waals surface area (Å²) in [4.78, 5) is 13.8. The molecule has 1 heterocycles. The van der Waals surface area contributed by atoms with Crippen LogP contribution in [-0.2, 0) is 9.53 Å². The van der Waals surface area contributed by atoms with Gasteiger partial charge in [0, 0.05) is 25.7 Å². The lowest BCUT2D eigenvalue weighted by atomic mass is 9.99. The van der Waals surface area contributed by atoms with Crippen molar-refractivity contribution in [2.45, 2.75) is 19.3 Å². The molecule has 1 rings (SSSR count). The molecule has 4 nitrogen and oxygen atoms in total. The second-order valence-electron chi connectivity index (χ2n) is 4.33. The standard InChI is InChI=1S/C11H22N2O2/c1-13(2)7-3-6-12-11(14)10-4-8-15-9-5-10/h10H,3-9H2,1-2H3,(H,12,14). The van der Waals surface area contributed by atoms with Crippen LogP contribution in [0.15, 0.2) is 0 Å². The third-order valence-corrected chi connectivity index (χ3v) is 2.67. The van der Waals surface area contributed by atoms with Gasteiger partial charge in [0.15, 0.2) is 0 Å². The van der Waals surface area contributed by atoms with Gasteiger partial charge in [-0.2, -0.15) is 0 Å². The molecular weight excluding hydrogens is 192 g/mol. The maximum absolute atomic E-state index is 11.7. The van der Waals surface area contributed by atoms with Gasteiger partial charge in [0.1, 0.15) is 0 Å². The molecular formula is C11H22N2O2. The highest BCUT2D eigenvalue weighted by Crippen LogP contribution is 2.14. The summed E-state index contributed by atoms with van der Waals surface area (Å²) in [5.74, 6) is 0.384. The third-order valence-electron chi connectivity index (χ3n) is 2.67. The Kier molecular flexibility index (Phi) is 5.65. The van der Waals surface area contributed by atoms with Crippen molar-refractivity contribution in [1.29, 1.82) is 0 Å². The van der Waals surface area contributed by atoms with E-state index in [1.807, 2.05) is 14.1 Å². The van der Waals surface area contributed by atoms with Gasteiger partial charge in [-0.15, -0.1) is 0 Å². The molecule has 1 aliphatic rings. The number of amides is 1. The van der Waals surface area contributed by atoms with Gasteiger partial charge in [0.05, 0.1) is 0 Å². The molecule has 4 heteroatoms. The first-order chi connectivity index (χ1) is 7.20. The molecule has 0 saturated carbocycles. The van der Waals surface area contributed by atoms with E-state index in [-0.39, 0.29) is 11.8 Å². The summed E-state index contributed by atoms with van der Waals surface area (Å²) in [5, 5.41) is 2.99. The van der Waals surface area contributed by atoms with Crippen LogP contribution in [0.25, 0.3) is 0 Å². The van der Waals surface area contributed by atoms with E-state index in [1.165, 1.54) is 0 Å². The van der Waals surface area contributed by atoms with Crippen molar-refractivity contribution >= 4 is 5.91 Å². The van der Waals surface area contributed by atoms with Crippen LogP contribution in [0.2, 0.25) is 0 Å². The van der Waals surface area contributed by atoms with Crippen LogP contribution in [-0.4, -0.2) is 51.2 Å². The number of nitrogens with zero attached hydrogens (tertiary/aromatic N) is 1. The normalized spacial score (nSPS) is 18.1. The fourth-order valence-electron chi connectivity index (χ4n) is 1.71. The molecule has 0 aliphatic carbocycles. The van der Waals surface area contributed by atoms with Crippen molar-refractivity contribution in [2.75, 3.05) is 40.4 Å². The summed E-state index contributed by atoms with van der Waals surface area (Å²) in [6.07, 6.45) is 2.76. The Labute approximate surface area is 92.0 Å². The molecule has 0 aromatic rings. The molecule has 0 atom stereocenters. The zero-order valence-corrected chi connectivity index (χ0v) is 9.79. The van der Waals surface area contributed by atoms with E-state index in [2.05, 4.69) is 10.2 Å². The van der Waals surface area contributed by atoms with E-state index in [0.717, 1.165) is 45.6 Å². The van der Waals surface area contributed by atoms with Gasteiger partial charge in [-0.1, -0.05) is 0 Å². The predicted octanol–water partition coefficient (Wildman–Crippen LogP) is 0.481. The van der Waals surface area contributed by atoms with Gasteiger partial charge < -0.3 is 15.0 Å². The molecule has 0 aromatic heterocycles. The Balaban J connectivity index is 2.07. The minimum absolute atomic E-state index is 0.179. The van der Waals surface area contributed by atoms with E-state index in [1.54, 1.807) is 0 Å². The fourth-order valence-corrected chi connectivity index (χ4v) is 1.71. The van der Waals surface area contributed by atoms with E-state index in [4.69, 9.17) is 4.74 Å². The number of rotatable bonds is 5. The van der Waals surface area contributed by atoms with Crippen molar-refractivity contribution in [1.82, 2.24) is 10.2 Å². The number of ether oxygens (including phenoxy) is 1. The van der Waals surface area contributed by atoms with Crippen LogP contribution >= 0.6 is 0 Å². The fraction of sp³-hybridized carbons (Fsp3) is 0.909. The number of hydrogen-bond acceptors (Lipinski definition) is 3. The molecule has 0 unspecified atom stereocenters. The highest BCUT2D eigenvalue weighted by atomic mass is 16.5. The summed E-state index contributed by atoms with van der Waals surface area (Å²) in [6, 6.07) is 0. The van der Waals surface area contributed by atoms with Crippen molar-refractivity contribution < 1.29 is 9.53 Å². The highest BCUT2D eigenvalue weighted by Gasteiger charge is 2.20. The van der Waals surface area contributed by atoms with Crippen LogP contribution in [0.5, 0.6) is 0 Å². The first kappa shape index (κ1) is 12.5. The van der Waals surface area contributed by atoms with Crippen molar-refractivity contribution in [2.24, 2.45) is 5.92 Å². The molecule has 1 aliphatic heterocycles. The zero-order valence-electron chi connectivity index (χ0n) is 9.79. The molecule has 1 fully saturated rings. The Morgan fingerprint density at radius 1 is 1.40 bits per heavy atom. The van der Waals surface area contributed by atoms with Gasteiger partial charge in [-0.3, -0.25) is 4.79 Å². The first-order valence-corrected chi connectivity index (χ1v) is 5.70. The smallest absolute Gasteiger partial charge is 0.223 e. The second-order valence-corrected chi connectivity index (χ2v) is 4.33. The first-order valence-electron chi connectivity index (χ1n) is 5.70. The molecule has 0 bridgehead atoms. The second kappa shape index (κ2) is 6.80. The molecule has 15 heavy (non-hydrogen) atoms. The quantitative estimate of drug-likeness (QED) is 0.677. The van der Waals surface area contributed by atoms with Gasteiger partial charge in [-0.05, 0) is 39.9 Å². The molecule has 0 radical (unpaired) electrons. The average Bonchev–Trinajstić information content (AvgIpc) is 2.25. The maximum atomic E-state index is 11.7. The van der Waals surface area contributed by atoms with Crippen LogP contribution in [0.4, 0.5) is 0 Å². The topological polar surface area (TPSA) is 41.6 Å². The Morgan fingerprint density at radius 3 is 2.67 bits per heavy atom. The summed E-state index contributed by atoms with van der Waals surface area (Å²) in [7, 11) is 4.08. The summed E-state index contributed by atoms with van der Waals surface area (Å²) >= 11 is 0. The lowest BCUT2D eigenvalue weighted by molar-refractivity contribution is -0.127. The van der Waals surface area contributed by atoms with Crippen LogP contribution in [0.1, 0.15) is 19.3 Å². The molecule has 1 saturated heterocycles. The Hall–Kier alpha value is -0.610. The minimum Gasteiger partial charge on any atom is -0.381 e. The lowest BCUT2D eigenvalue weighted by Gasteiger charge is -2.21. The molecule has 88 valence electrons. The average molecular weight is 214 g/mol. The predicted molar refractivity (Wildman–Crippen MR) is 59.7 cm³/mol. The van der Waals surface area contributed by atoms with E-state index < -0.39 is 0 Å². The van der Waals surface area contributed by atoms with Gasteiger partial charge in [0.25, 0.3) is 0 Å². The van der Waals surface area contributed by atoms with E-state index >= 15 is 0 Å². The van der Waals surface area contributed by atoms with E-state index in [9.17, 15) is 4.79 Å². The number of carbonyl (C=O) groups excluding carboxylic acids is 1. The summed E-state index contributed by atoms with van der Waals surface area (Å²) in [5.41, 5.74) is 0. The van der Waals surface area contributed by atoms with Crippen molar-refractivity contribution in [3.63, 3.8) is 0 Å². The Morgan fingerprint density at radius 2 is 2.07 bits per heavy atom. The maximum Gasteiger partial charge on any atom is 0.223 e. The van der Waals surface area contributed by atoms with Gasteiger partial charge in [-0.25, -0.2) is 0 Å². The summed E-state index contributed by atoms with van der Waals surface area (Å²) in [6.45, 7) is 3.27. The number of hydrogen-bond donors (Lipinski definition) is 1. The van der Waals surface area contributed by atoms with Crippen LogP contribution < -0.4 is 5.32 Å². The van der Waals surface area contributed by atoms with Gasteiger partial charge >= 0.3 is 0 Å². The van der Waals surface area contributed by atoms with Crippen molar-refractivity contribution in [3.05, 3.63) is 0 Å². The summed E-state index contributed by atoms with van der Waals surface area (Å²) < 4.78 is 5.22. The third kappa shape index (κ3) is 5.14. The SMILES string of the molecule is CN(C)CCCNC(=O)C1CCOCC1. The molecule has 1 N–H and O–H groups in total. The van der Waals surface area contributed by atoms with Gasteiger partial charge in [0.2, 0.25) is 5.91 Å². The molecule has 1 amide bonds. The lowest BCUT2D eigenvalue weighted by Crippen LogP contribution is -2.35. The monoisotopic (exact) mass is 214 g/mol. The molecule has 0 aromatic carbocycles. The van der Waals surface area contributed by atoms with Crippen LogP contribution in [0.3, 0.4) is 0 Å². The Bertz CT molecular complexity index is 189. The van der Waals surface area contributed by atoms with Crippen molar-refractivity contribution in [3.8, 4) is 0 Å². The number of carbonyl (C=O) groups is 1. The zero-order chi connectivity index (χ0) is 11.1. The largest absolute Gasteiger partial charge is 0.381 e. The number of nitrogens with one attached hydrogen (secondary N) is 1. The van der Waals surface area contributed by atoms with E-state index in [0.29, 0.717) is 0 Å². The minimum atomic E-state index is 0.179. The van der Waals surface area contributed by atoms with Crippen LogP contribution in [0, 0.1) is 5.92 Å². The molecule has 0 spiro atoms.